The monoisotopic (exact) mass is 224 g/mol. The molecule has 1 N–H and O–H groups in total. The molecule has 0 saturated carbocycles. The first kappa shape index (κ1) is 11.4. The van der Waals surface area contributed by atoms with Gasteiger partial charge in [-0.2, -0.15) is 5.10 Å². The van der Waals surface area contributed by atoms with E-state index >= 15 is 0 Å². The Kier molecular flexibility index (Phi) is 3.79. The summed E-state index contributed by atoms with van der Waals surface area (Å²) < 4.78 is 6.97. The van der Waals surface area contributed by atoms with Crippen molar-refractivity contribution >= 4 is 5.69 Å². The molecule has 0 aliphatic carbocycles. The third kappa shape index (κ3) is 2.54. The molecule has 0 spiro atoms. The van der Waals surface area contributed by atoms with Crippen molar-refractivity contribution in [1.29, 1.82) is 0 Å². The third-order valence-electron chi connectivity index (χ3n) is 3.11. The van der Waals surface area contributed by atoms with Crippen LogP contribution in [0.3, 0.4) is 0 Å². The molecule has 1 fully saturated rings. The van der Waals surface area contributed by atoms with E-state index in [0.717, 1.165) is 19.6 Å². The Morgan fingerprint density at radius 3 is 3.19 bits per heavy atom. The molecule has 1 aliphatic heterocycles. The summed E-state index contributed by atoms with van der Waals surface area (Å²) in [5.74, 6) is 0. The first-order valence-corrected chi connectivity index (χ1v) is 5.77. The largest absolute Gasteiger partial charge is 0.383 e. The Morgan fingerprint density at radius 1 is 1.62 bits per heavy atom. The van der Waals surface area contributed by atoms with Crippen LogP contribution in [0, 0.1) is 0 Å². The summed E-state index contributed by atoms with van der Waals surface area (Å²) in [6.45, 7) is 3.72. The number of ether oxygens (including phenoxy) is 1. The highest BCUT2D eigenvalue weighted by atomic mass is 16.5. The summed E-state index contributed by atoms with van der Waals surface area (Å²) in [5, 5.41) is 7.64. The van der Waals surface area contributed by atoms with Gasteiger partial charge in [0.1, 0.15) is 0 Å². The maximum Gasteiger partial charge on any atom is 0.0753 e. The van der Waals surface area contributed by atoms with Crippen molar-refractivity contribution in [2.24, 2.45) is 0 Å². The molecule has 2 heterocycles. The maximum atomic E-state index is 5.03. The average molecular weight is 224 g/mol. The number of hydrogen-bond donors (Lipinski definition) is 1. The van der Waals surface area contributed by atoms with Gasteiger partial charge < -0.3 is 15.0 Å². The van der Waals surface area contributed by atoms with Crippen molar-refractivity contribution in [3.8, 4) is 0 Å². The Hall–Kier alpha value is -1.07. The quantitative estimate of drug-likeness (QED) is 0.782. The van der Waals surface area contributed by atoms with Gasteiger partial charge in [-0.25, -0.2) is 0 Å². The summed E-state index contributed by atoms with van der Waals surface area (Å²) in [6, 6.07) is 0.613. The average Bonchev–Trinajstić information content (AvgIpc) is 2.94. The second-order valence-electron chi connectivity index (χ2n) is 4.17. The van der Waals surface area contributed by atoms with E-state index in [-0.39, 0.29) is 0 Å². The molecule has 1 aromatic rings. The van der Waals surface area contributed by atoms with E-state index < -0.39 is 0 Å². The standard InChI is InChI=1S/C11H20N4O/c1-12-10-3-4-14(8-10)11-7-13-15(9-11)5-6-16-2/h7,9-10,12H,3-6,8H2,1-2H3. The van der Waals surface area contributed by atoms with Gasteiger partial charge in [0.25, 0.3) is 0 Å². The van der Waals surface area contributed by atoms with Gasteiger partial charge in [-0.1, -0.05) is 0 Å². The van der Waals surface area contributed by atoms with E-state index in [4.69, 9.17) is 4.74 Å². The summed E-state index contributed by atoms with van der Waals surface area (Å²) in [5.41, 5.74) is 1.22. The zero-order valence-electron chi connectivity index (χ0n) is 10.0. The minimum Gasteiger partial charge on any atom is -0.383 e. The number of likely N-dealkylation sites (N-methyl/N-ethyl adjacent to an activating group) is 1. The third-order valence-corrected chi connectivity index (χ3v) is 3.11. The first-order valence-electron chi connectivity index (χ1n) is 5.77. The number of rotatable bonds is 5. The fraction of sp³-hybridized carbons (Fsp3) is 0.727. The van der Waals surface area contributed by atoms with Crippen LogP contribution in [0.25, 0.3) is 0 Å². The van der Waals surface area contributed by atoms with Crippen LogP contribution in [-0.4, -0.2) is 49.7 Å². The van der Waals surface area contributed by atoms with Crippen LogP contribution < -0.4 is 10.2 Å². The minimum atomic E-state index is 0.613. The van der Waals surface area contributed by atoms with E-state index in [1.807, 2.05) is 17.9 Å². The predicted octanol–water partition coefficient (Wildman–Crippen LogP) is 0.328. The van der Waals surface area contributed by atoms with Crippen LogP contribution in [0.15, 0.2) is 12.4 Å². The lowest BCUT2D eigenvalue weighted by atomic mass is 10.3. The van der Waals surface area contributed by atoms with Crippen molar-refractivity contribution in [1.82, 2.24) is 15.1 Å². The summed E-state index contributed by atoms with van der Waals surface area (Å²) in [4.78, 5) is 2.37. The number of anilines is 1. The zero-order chi connectivity index (χ0) is 11.4. The van der Waals surface area contributed by atoms with Crippen molar-refractivity contribution in [3.63, 3.8) is 0 Å². The van der Waals surface area contributed by atoms with Crippen LogP contribution >= 0.6 is 0 Å². The molecule has 1 aliphatic rings. The summed E-state index contributed by atoms with van der Waals surface area (Å²) >= 11 is 0. The lowest BCUT2D eigenvalue weighted by molar-refractivity contribution is 0.183. The fourth-order valence-corrected chi connectivity index (χ4v) is 2.05. The molecule has 16 heavy (non-hydrogen) atoms. The van der Waals surface area contributed by atoms with Crippen molar-refractivity contribution in [3.05, 3.63) is 12.4 Å². The van der Waals surface area contributed by atoms with E-state index in [1.54, 1.807) is 7.11 Å². The molecule has 5 heteroatoms. The molecule has 5 nitrogen and oxygen atoms in total. The lowest BCUT2D eigenvalue weighted by Gasteiger charge is -2.15. The second-order valence-corrected chi connectivity index (χ2v) is 4.17. The molecule has 1 atom stereocenters. The van der Waals surface area contributed by atoms with Crippen molar-refractivity contribution in [2.45, 2.75) is 19.0 Å². The van der Waals surface area contributed by atoms with Gasteiger partial charge in [0, 0.05) is 32.4 Å². The van der Waals surface area contributed by atoms with Gasteiger partial charge in [-0.05, 0) is 13.5 Å². The molecule has 0 amide bonds. The van der Waals surface area contributed by atoms with Crippen molar-refractivity contribution < 1.29 is 4.74 Å². The van der Waals surface area contributed by atoms with Crippen LogP contribution in [0.1, 0.15) is 6.42 Å². The number of methoxy groups -OCH3 is 1. The van der Waals surface area contributed by atoms with E-state index in [2.05, 4.69) is 21.5 Å². The zero-order valence-corrected chi connectivity index (χ0v) is 10.0. The van der Waals surface area contributed by atoms with Crippen LogP contribution in [-0.2, 0) is 11.3 Å². The highest BCUT2D eigenvalue weighted by Crippen LogP contribution is 2.19. The topological polar surface area (TPSA) is 42.3 Å². The Morgan fingerprint density at radius 2 is 2.50 bits per heavy atom. The Balaban J connectivity index is 1.92. The molecule has 90 valence electrons. The Bertz CT molecular complexity index is 326. The van der Waals surface area contributed by atoms with Gasteiger partial charge in [-0.3, -0.25) is 4.68 Å². The van der Waals surface area contributed by atoms with Crippen LogP contribution in [0.4, 0.5) is 5.69 Å². The Labute approximate surface area is 96.4 Å². The maximum absolute atomic E-state index is 5.03. The van der Waals surface area contributed by atoms with Crippen LogP contribution in [0.5, 0.6) is 0 Å². The molecule has 1 saturated heterocycles. The van der Waals surface area contributed by atoms with Gasteiger partial charge >= 0.3 is 0 Å². The lowest BCUT2D eigenvalue weighted by Crippen LogP contribution is -2.29. The molecular weight excluding hydrogens is 204 g/mol. The molecule has 0 radical (unpaired) electrons. The number of hydrogen-bond acceptors (Lipinski definition) is 4. The molecule has 1 unspecified atom stereocenters. The second kappa shape index (κ2) is 5.32. The van der Waals surface area contributed by atoms with Gasteiger partial charge in [-0.15, -0.1) is 0 Å². The predicted molar refractivity (Wildman–Crippen MR) is 63.8 cm³/mol. The fourth-order valence-electron chi connectivity index (χ4n) is 2.05. The normalized spacial score (nSPS) is 20.6. The molecule has 2 rings (SSSR count). The number of nitrogens with one attached hydrogen (secondary N) is 1. The summed E-state index contributed by atoms with van der Waals surface area (Å²) in [7, 11) is 3.73. The SMILES string of the molecule is CNC1CCN(c2cnn(CCOC)c2)C1. The van der Waals surface area contributed by atoms with Gasteiger partial charge in [0.15, 0.2) is 0 Å². The number of nitrogens with zero attached hydrogens (tertiary/aromatic N) is 3. The highest BCUT2D eigenvalue weighted by Gasteiger charge is 2.21. The van der Waals surface area contributed by atoms with E-state index in [1.165, 1.54) is 12.1 Å². The first-order chi connectivity index (χ1) is 7.83. The van der Waals surface area contributed by atoms with Gasteiger partial charge in [0.05, 0.1) is 25.0 Å². The molecular formula is C11H20N4O. The highest BCUT2D eigenvalue weighted by molar-refractivity contribution is 5.43. The minimum absolute atomic E-state index is 0.613. The molecule has 0 aromatic carbocycles. The van der Waals surface area contributed by atoms with Crippen LogP contribution in [0.2, 0.25) is 0 Å². The number of aromatic nitrogens is 2. The molecule has 1 aromatic heterocycles. The molecule has 0 bridgehead atoms. The summed E-state index contributed by atoms with van der Waals surface area (Å²) in [6.07, 6.45) is 5.24. The van der Waals surface area contributed by atoms with Gasteiger partial charge in [0.2, 0.25) is 0 Å². The van der Waals surface area contributed by atoms with Crippen molar-refractivity contribution in [2.75, 3.05) is 38.8 Å². The van der Waals surface area contributed by atoms with E-state index in [0.29, 0.717) is 12.6 Å². The van der Waals surface area contributed by atoms with E-state index in [9.17, 15) is 0 Å². The smallest absolute Gasteiger partial charge is 0.0753 e.